The molecule has 0 aromatic heterocycles. The number of benzene rings is 2. The Labute approximate surface area is 119 Å². The summed E-state index contributed by atoms with van der Waals surface area (Å²) in [6.07, 6.45) is 0. The summed E-state index contributed by atoms with van der Waals surface area (Å²) in [5.41, 5.74) is 0.144. The average Bonchev–Trinajstić information content (AvgIpc) is 2.47. The quantitative estimate of drug-likeness (QED) is 0.663. The first-order valence-corrected chi connectivity index (χ1v) is 5.87. The van der Waals surface area contributed by atoms with Gasteiger partial charge in [0.25, 0.3) is 11.6 Å². The number of anilines is 1. The standard InChI is InChI=1S/C14H10N2O5/c17-13(11-3-1-2-4-12(11)14(18)19)15-9-5-7-10(8-6-9)16(20)21/h1-8H,(H,15,17)(H,18,19). The molecule has 0 bridgehead atoms. The lowest BCUT2D eigenvalue weighted by Crippen LogP contribution is -2.16. The lowest BCUT2D eigenvalue weighted by molar-refractivity contribution is -0.384. The van der Waals surface area contributed by atoms with Crippen LogP contribution in [0.1, 0.15) is 20.7 Å². The van der Waals surface area contributed by atoms with E-state index in [1.165, 1.54) is 42.5 Å². The highest BCUT2D eigenvalue weighted by Crippen LogP contribution is 2.17. The van der Waals surface area contributed by atoms with Crippen molar-refractivity contribution >= 4 is 23.3 Å². The Bertz CT molecular complexity index is 710. The summed E-state index contributed by atoms with van der Waals surface area (Å²) in [5, 5.41) is 22.0. The van der Waals surface area contributed by atoms with E-state index in [1.807, 2.05) is 0 Å². The molecular formula is C14H10N2O5. The lowest BCUT2D eigenvalue weighted by Gasteiger charge is -2.07. The van der Waals surface area contributed by atoms with Gasteiger partial charge in [-0.15, -0.1) is 0 Å². The number of hydrogen-bond acceptors (Lipinski definition) is 4. The van der Waals surface area contributed by atoms with E-state index in [1.54, 1.807) is 6.07 Å². The van der Waals surface area contributed by atoms with E-state index in [4.69, 9.17) is 5.11 Å². The summed E-state index contributed by atoms with van der Waals surface area (Å²) < 4.78 is 0. The molecule has 0 aliphatic rings. The van der Waals surface area contributed by atoms with E-state index >= 15 is 0 Å². The Balaban J connectivity index is 2.22. The monoisotopic (exact) mass is 286 g/mol. The van der Waals surface area contributed by atoms with E-state index in [-0.39, 0.29) is 16.8 Å². The molecule has 0 unspecified atom stereocenters. The van der Waals surface area contributed by atoms with E-state index in [0.29, 0.717) is 5.69 Å². The van der Waals surface area contributed by atoms with Crippen molar-refractivity contribution < 1.29 is 19.6 Å². The van der Waals surface area contributed by atoms with Crippen LogP contribution < -0.4 is 5.32 Å². The summed E-state index contributed by atoms with van der Waals surface area (Å²) in [6, 6.07) is 11.0. The van der Waals surface area contributed by atoms with Crippen molar-refractivity contribution in [2.75, 3.05) is 5.32 Å². The third kappa shape index (κ3) is 3.21. The molecule has 2 aromatic carbocycles. The van der Waals surface area contributed by atoms with Crippen LogP contribution in [0.3, 0.4) is 0 Å². The summed E-state index contributed by atoms with van der Waals surface area (Å²) in [4.78, 5) is 33.1. The normalized spacial score (nSPS) is 9.90. The molecule has 0 heterocycles. The lowest BCUT2D eigenvalue weighted by atomic mass is 10.1. The fourth-order valence-electron chi connectivity index (χ4n) is 1.73. The van der Waals surface area contributed by atoms with E-state index in [9.17, 15) is 19.7 Å². The molecule has 0 aliphatic carbocycles. The number of nitro groups is 1. The van der Waals surface area contributed by atoms with Gasteiger partial charge in [-0.3, -0.25) is 14.9 Å². The van der Waals surface area contributed by atoms with Crippen LogP contribution in [0.4, 0.5) is 11.4 Å². The Morgan fingerprint density at radius 2 is 1.57 bits per heavy atom. The predicted molar refractivity (Wildman–Crippen MR) is 74.5 cm³/mol. The third-order valence-corrected chi connectivity index (χ3v) is 2.74. The number of rotatable bonds is 4. The zero-order valence-electron chi connectivity index (χ0n) is 10.6. The minimum atomic E-state index is -1.20. The third-order valence-electron chi connectivity index (χ3n) is 2.74. The number of nitrogens with one attached hydrogen (secondary N) is 1. The molecule has 2 aromatic rings. The first-order valence-electron chi connectivity index (χ1n) is 5.87. The summed E-state index contributed by atoms with van der Waals surface area (Å²) in [5.74, 6) is -1.80. The first kappa shape index (κ1) is 14.2. The molecule has 0 atom stereocenters. The number of nitro benzene ring substituents is 1. The minimum Gasteiger partial charge on any atom is -0.478 e. The van der Waals surface area contributed by atoms with Crippen LogP contribution in [0.5, 0.6) is 0 Å². The molecule has 1 amide bonds. The fourth-order valence-corrected chi connectivity index (χ4v) is 1.73. The molecule has 7 heteroatoms. The Morgan fingerprint density at radius 1 is 1.00 bits per heavy atom. The number of carboxylic acid groups (broad SMARTS) is 1. The maximum absolute atomic E-state index is 12.0. The van der Waals surface area contributed by atoms with E-state index < -0.39 is 16.8 Å². The zero-order valence-corrected chi connectivity index (χ0v) is 10.6. The first-order chi connectivity index (χ1) is 9.99. The highest BCUT2D eigenvalue weighted by molar-refractivity contribution is 6.10. The number of amides is 1. The Hall–Kier alpha value is -3.22. The largest absolute Gasteiger partial charge is 0.478 e. The predicted octanol–water partition coefficient (Wildman–Crippen LogP) is 2.55. The Morgan fingerprint density at radius 3 is 2.10 bits per heavy atom. The number of carbonyl (C=O) groups is 2. The van der Waals surface area contributed by atoms with Crippen LogP contribution in [-0.2, 0) is 0 Å². The maximum atomic E-state index is 12.0. The molecule has 106 valence electrons. The van der Waals surface area contributed by atoms with Gasteiger partial charge in [-0.2, -0.15) is 0 Å². The van der Waals surface area contributed by atoms with Gasteiger partial charge in [-0.1, -0.05) is 12.1 Å². The second-order valence-corrected chi connectivity index (χ2v) is 4.11. The van der Waals surface area contributed by atoms with Gasteiger partial charge in [0.1, 0.15) is 0 Å². The van der Waals surface area contributed by atoms with Crippen LogP contribution in [0.2, 0.25) is 0 Å². The molecule has 0 saturated heterocycles. The SMILES string of the molecule is O=C(O)c1ccccc1C(=O)Nc1ccc([N+](=O)[O-])cc1. The molecule has 0 fully saturated rings. The summed E-state index contributed by atoms with van der Waals surface area (Å²) in [6.45, 7) is 0. The zero-order chi connectivity index (χ0) is 15.4. The number of nitrogens with zero attached hydrogens (tertiary/aromatic N) is 1. The van der Waals surface area contributed by atoms with Crippen molar-refractivity contribution in [2.24, 2.45) is 0 Å². The molecule has 0 spiro atoms. The van der Waals surface area contributed by atoms with E-state index in [2.05, 4.69) is 5.32 Å². The second-order valence-electron chi connectivity index (χ2n) is 4.11. The highest BCUT2D eigenvalue weighted by Gasteiger charge is 2.16. The number of carboxylic acids is 1. The van der Waals surface area contributed by atoms with Crippen molar-refractivity contribution in [1.82, 2.24) is 0 Å². The fraction of sp³-hybridized carbons (Fsp3) is 0. The summed E-state index contributed by atoms with van der Waals surface area (Å²) in [7, 11) is 0. The molecule has 0 saturated carbocycles. The Kier molecular flexibility index (Phi) is 3.94. The average molecular weight is 286 g/mol. The number of carbonyl (C=O) groups excluding carboxylic acids is 1. The number of non-ortho nitro benzene ring substituents is 1. The smallest absolute Gasteiger partial charge is 0.336 e. The van der Waals surface area contributed by atoms with Crippen molar-refractivity contribution in [1.29, 1.82) is 0 Å². The summed E-state index contributed by atoms with van der Waals surface area (Å²) >= 11 is 0. The molecular weight excluding hydrogens is 276 g/mol. The molecule has 0 radical (unpaired) electrons. The molecule has 2 rings (SSSR count). The minimum absolute atomic E-state index is 0.0170. The molecule has 0 aliphatic heterocycles. The van der Waals surface area contributed by atoms with Gasteiger partial charge in [0.15, 0.2) is 0 Å². The van der Waals surface area contributed by atoms with Crippen LogP contribution in [-0.4, -0.2) is 21.9 Å². The molecule has 2 N–H and O–H groups in total. The van der Waals surface area contributed by atoms with Crippen molar-refractivity contribution in [3.8, 4) is 0 Å². The van der Waals surface area contributed by atoms with Crippen molar-refractivity contribution in [3.63, 3.8) is 0 Å². The van der Waals surface area contributed by atoms with Gasteiger partial charge < -0.3 is 10.4 Å². The van der Waals surface area contributed by atoms with Gasteiger partial charge >= 0.3 is 5.97 Å². The topological polar surface area (TPSA) is 110 Å². The molecule has 7 nitrogen and oxygen atoms in total. The van der Waals surface area contributed by atoms with Gasteiger partial charge in [0.2, 0.25) is 0 Å². The number of hydrogen-bond donors (Lipinski definition) is 2. The molecule has 21 heavy (non-hydrogen) atoms. The van der Waals surface area contributed by atoms with Gasteiger partial charge in [-0.05, 0) is 24.3 Å². The van der Waals surface area contributed by atoms with Crippen molar-refractivity contribution in [2.45, 2.75) is 0 Å². The highest BCUT2D eigenvalue weighted by atomic mass is 16.6. The van der Waals surface area contributed by atoms with Crippen LogP contribution >= 0.6 is 0 Å². The van der Waals surface area contributed by atoms with Gasteiger partial charge in [0.05, 0.1) is 16.1 Å². The number of aromatic carboxylic acids is 1. The van der Waals surface area contributed by atoms with Crippen LogP contribution in [0.15, 0.2) is 48.5 Å². The maximum Gasteiger partial charge on any atom is 0.336 e. The van der Waals surface area contributed by atoms with Gasteiger partial charge in [-0.25, -0.2) is 4.79 Å². The van der Waals surface area contributed by atoms with Gasteiger partial charge in [0, 0.05) is 17.8 Å². The van der Waals surface area contributed by atoms with Crippen molar-refractivity contribution in [3.05, 3.63) is 69.8 Å². The van der Waals surface area contributed by atoms with Crippen LogP contribution in [0.25, 0.3) is 0 Å². The van der Waals surface area contributed by atoms with Crippen LogP contribution in [0, 0.1) is 10.1 Å². The van der Waals surface area contributed by atoms with E-state index in [0.717, 1.165) is 0 Å². The second kappa shape index (κ2) is 5.83.